The third kappa shape index (κ3) is 11.4. The van der Waals surface area contributed by atoms with Crippen LogP contribution < -0.4 is 5.32 Å². The van der Waals surface area contributed by atoms with Crippen LogP contribution >= 0.6 is 0 Å². The van der Waals surface area contributed by atoms with Crippen molar-refractivity contribution in [2.75, 3.05) is 20.1 Å². The van der Waals surface area contributed by atoms with Crippen LogP contribution in [0.15, 0.2) is 17.1 Å². The first kappa shape index (κ1) is 19.0. The Hall–Kier alpha value is -2.38. The first-order chi connectivity index (χ1) is 14.4. The topological polar surface area (TPSA) is 97.3 Å². The van der Waals surface area contributed by atoms with Crippen LogP contribution in [0.25, 0.3) is 0 Å². The minimum atomic E-state index is -2.86. The van der Waals surface area contributed by atoms with E-state index in [4.69, 9.17) is 13.6 Å². The third-order valence-corrected chi connectivity index (χ3v) is 3.60. The number of rotatable bonds is 0. The van der Waals surface area contributed by atoms with Gasteiger partial charge in [-0.1, -0.05) is 12.2 Å². The summed E-state index contributed by atoms with van der Waals surface area (Å²) in [6, 6.07) is 0. The van der Waals surface area contributed by atoms with Gasteiger partial charge in [0.2, 0.25) is 11.9 Å². The summed E-state index contributed by atoms with van der Waals surface area (Å²) in [6.45, 7) is 1.45. The van der Waals surface area contributed by atoms with Crippen molar-refractivity contribution in [3.8, 4) is 0 Å². The van der Waals surface area contributed by atoms with E-state index in [2.05, 4.69) is 16.4 Å². The van der Waals surface area contributed by atoms with Crippen LogP contribution in [0, 0.1) is 0 Å². The zero-order valence-corrected chi connectivity index (χ0v) is 17.0. The summed E-state index contributed by atoms with van der Waals surface area (Å²) in [7, 11) is 0. The van der Waals surface area contributed by atoms with E-state index in [-0.39, 0.29) is 13.0 Å². The largest absolute Gasteiger partial charge is 0.464 e. The van der Waals surface area contributed by atoms with Crippen molar-refractivity contribution in [2.24, 2.45) is 4.99 Å². The Labute approximate surface area is 171 Å². The highest BCUT2D eigenvalue weighted by molar-refractivity contribution is 6.01. The quantitative estimate of drug-likeness (QED) is 0.497. The summed E-state index contributed by atoms with van der Waals surface area (Å²) in [5.74, 6) is -1.89. The minimum absolute atomic E-state index is 0.112. The van der Waals surface area contributed by atoms with Crippen LogP contribution in [0.5, 0.6) is 0 Å². The van der Waals surface area contributed by atoms with Gasteiger partial charge in [-0.2, -0.15) is 0 Å². The Morgan fingerprint density at radius 2 is 1.89 bits per heavy atom. The lowest BCUT2D eigenvalue weighted by Gasteiger charge is -2.22. The second kappa shape index (κ2) is 12.2. The fourth-order valence-electron chi connectivity index (χ4n) is 2.30. The molecule has 0 aromatic carbocycles. The van der Waals surface area contributed by atoms with E-state index < -0.39 is 43.1 Å². The average Bonchev–Trinajstić information content (AvgIpc) is 2.60. The molecule has 1 rings (SSSR count). The maximum Gasteiger partial charge on any atom is 0.437 e. The number of hydrogen-bond donors (Lipinski definition) is 1. The van der Waals surface area contributed by atoms with Gasteiger partial charge in [0.25, 0.3) is 0 Å². The zero-order valence-electron chi connectivity index (χ0n) is 20.0. The van der Waals surface area contributed by atoms with E-state index in [1.807, 2.05) is 6.08 Å². The van der Waals surface area contributed by atoms with Gasteiger partial charge in [-0.15, -0.1) is 4.99 Å². The molecule has 0 atom stereocenters. The lowest BCUT2D eigenvalue weighted by Crippen LogP contribution is -2.45. The van der Waals surface area contributed by atoms with E-state index >= 15 is 0 Å². The molecule has 0 spiro atoms. The molecule has 1 heterocycles. The normalized spacial score (nSPS) is 23.5. The molecule has 1 aliphatic rings. The number of carbonyl (C=O) groups is 3. The predicted octanol–water partition coefficient (Wildman–Crippen LogP) is 3.17. The van der Waals surface area contributed by atoms with Crippen molar-refractivity contribution in [3.05, 3.63) is 12.2 Å². The Morgan fingerprint density at radius 1 is 1.21 bits per heavy atom. The molecule has 0 bridgehead atoms. The monoisotopic (exact) mass is 398 g/mol. The summed E-state index contributed by atoms with van der Waals surface area (Å²) < 4.78 is 33.5. The molecule has 0 fully saturated rings. The van der Waals surface area contributed by atoms with Crippen LogP contribution in [0.2, 0.25) is 0 Å². The number of nitrogens with one attached hydrogen (secondary N) is 1. The maximum atomic E-state index is 12.4. The van der Waals surface area contributed by atoms with E-state index in [1.54, 1.807) is 20.8 Å². The van der Waals surface area contributed by atoms with Crippen LogP contribution in [0.1, 0.15) is 69.8 Å². The minimum Gasteiger partial charge on any atom is -0.464 e. The van der Waals surface area contributed by atoms with Crippen molar-refractivity contribution in [1.29, 1.82) is 0 Å². The number of carbonyl (C=O) groups excluding carboxylic acids is 3. The SMILES string of the molecule is [2H]C([2H])([2H])N1CC(=O)OCCCC/C=C/CCCCC(=O)NC1=NC(=O)OC(C)(C)C. The molecule has 0 saturated heterocycles. The molecule has 28 heavy (non-hydrogen) atoms. The van der Waals surface area contributed by atoms with Gasteiger partial charge in [-0.05, 0) is 59.3 Å². The molecule has 1 N–H and O–H groups in total. The molecule has 0 aromatic rings. The van der Waals surface area contributed by atoms with Crippen LogP contribution in [0.4, 0.5) is 4.79 Å². The molecule has 0 radical (unpaired) electrons. The standard InChI is InChI=1S/C20H33N3O5/c1-20(2,3)28-19(26)22-18-21-16(24)13-11-9-7-5-6-8-10-12-14-27-17(25)15-23(18)4/h5-6H,7-15H2,1-4H3,(H,21,22,24,26)/b6-5+/i4D3. The van der Waals surface area contributed by atoms with E-state index in [1.165, 1.54) is 0 Å². The molecule has 0 aromatic heterocycles. The average molecular weight is 399 g/mol. The number of nitrogens with zero attached hydrogens (tertiary/aromatic N) is 2. The van der Waals surface area contributed by atoms with Gasteiger partial charge < -0.3 is 14.4 Å². The van der Waals surface area contributed by atoms with Crippen LogP contribution in [-0.2, 0) is 19.1 Å². The van der Waals surface area contributed by atoms with Gasteiger partial charge in [0, 0.05) is 17.5 Å². The number of guanidine groups is 1. The highest BCUT2D eigenvalue weighted by Gasteiger charge is 2.20. The first-order valence-electron chi connectivity index (χ1n) is 11.1. The van der Waals surface area contributed by atoms with Crippen molar-refractivity contribution < 1.29 is 28.0 Å². The zero-order chi connectivity index (χ0) is 23.5. The summed E-state index contributed by atoms with van der Waals surface area (Å²) in [6.07, 6.45) is 7.64. The van der Waals surface area contributed by atoms with Crippen molar-refractivity contribution in [3.63, 3.8) is 0 Å². The number of ether oxygens (including phenoxy) is 2. The summed E-state index contributed by atoms with van der Waals surface area (Å²) >= 11 is 0. The Balaban J connectivity index is 3.15. The number of esters is 1. The van der Waals surface area contributed by atoms with Gasteiger partial charge in [-0.3, -0.25) is 14.9 Å². The molecule has 0 unspecified atom stereocenters. The maximum absolute atomic E-state index is 12.4. The number of amides is 2. The van der Waals surface area contributed by atoms with Gasteiger partial charge in [-0.25, -0.2) is 4.79 Å². The van der Waals surface area contributed by atoms with E-state index in [0.717, 1.165) is 25.7 Å². The highest BCUT2D eigenvalue weighted by Crippen LogP contribution is 2.09. The molecular formula is C20H33N3O5. The van der Waals surface area contributed by atoms with Crippen molar-refractivity contribution >= 4 is 23.9 Å². The lowest BCUT2D eigenvalue weighted by atomic mass is 10.1. The van der Waals surface area contributed by atoms with Crippen molar-refractivity contribution in [1.82, 2.24) is 10.2 Å². The second-order valence-corrected chi connectivity index (χ2v) is 7.48. The fraction of sp³-hybridized carbons (Fsp3) is 0.700. The Kier molecular flexibility index (Phi) is 8.23. The summed E-state index contributed by atoms with van der Waals surface area (Å²) in [4.78, 5) is 41.0. The van der Waals surface area contributed by atoms with Gasteiger partial charge in [0.15, 0.2) is 0 Å². The molecule has 2 amide bonds. The number of hydrogen-bond acceptors (Lipinski definition) is 5. The molecular weight excluding hydrogens is 362 g/mol. The predicted molar refractivity (Wildman–Crippen MR) is 107 cm³/mol. The molecule has 158 valence electrons. The van der Waals surface area contributed by atoms with E-state index in [0.29, 0.717) is 17.7 Å². The lowest BCUT2D eigenvalue weighted by molar-refractivity contribution is -0.144. The number of cyclic esters (lactones) is 1. The Morgan fingerprint density at radius 3 is 2.54 bits per heavy atom. The number of likely N-dealkylation sites (N-methyl/N-ethyl adjacent to an activating group) is 1. The highest BCUT2D eigenvalue weighted by atomic mass is 16.6. The van der Waals surface area contributed by atoms with Crippen LogP contribution in [-0.4, -0.2) is 54.6 Å². The number of aliphatic imine (C=N–C) groups is 1. The molecule has 1 aliphatic heterocycles. The van der Waals surface area contributed by atoms with Crippen LogP contribution in [0.3, 0.4) is 0 Å². The molecule has 8 nitrogen and oxygen atoms in total. The molecule has 8 heteroatoms. The Bertz CT molecular complexity index is 685. The van der Waals surface area contributed by atoms with Crippen molar-refractivity contribution in [2.45, 2.75) is 71.3 Å². The fourth-order valence-corrected chi connectivity index (χ4v) is 2.30. The molecule has 0 aliphatic carbocycles. The molecule has 0 saturated carbocycles. The van der Waals surface area contributed by atoms with E-state index in [9.17, 15) is 14.4 Å². The van der Waals surface area contributed by atoms with Gasteiger partial charge >= 0.3 is 12.1 Å². The third-order valence-electron chi connectivity index (χ3n) is 3.60. The summed E-state index contributed by atoms with van der Waals surface area (Å²) in [5.41, 5.74) is -0.876. The second-order valence-electron chi connectivity index (χ2n) is 7.48. The number of allylic oxidation sites excluding steroid dienone is 2. The summed E-state index contributed by atoms with van der Waals surface area (Å²) in [5, 5.41) is 2.36. The smallest absolute Gasteiger partial charge is 0.437 e. The van der Waals surface area contributed by atoms with Gasteiger partial charge in [0.1, 0.15) is 12.1 Å². The van der Waals surface area contributed by atoms with Gasteiger partial charge in [0.05, 0.1) is 6.61 Å². The first-order valence-corrected chi connectivity index (χ1v) is 9.58.